The molecule has 124 valence electrons. The molecule has 1 aliphatic rings. The zero-order chi connectivity index (χ0) is 16.8. The Hall–Kier alpha value is -1.99. The van der Waals surface area contributed by atoms with Gasteiger partial charge in [-0.1, -0.05) is 30.4 Å². The lowest BCUT2D eigenvalue weighted by Gasteiger charge is -2.21. The number of nitrogens with one attached hydrogen (secondary N) is 2. The highest BCUT2D eigenvalue weighted by Crippen LogP contribution is 2.22. The van der Waals surface area contributed by atoms with Gasteiger partial charge in [0.2, 0.25) is 0 Å². The molecule has 1 aliphatic carbocycles. The van der Waals surface area contributed by atoms with Crippen molar-refractivity contribution >= 4 is 17.2 Å². The summed E-state index contributed by atoms with van der Waals surface area (Å²) in [5.41, 5.74) is 2.69. The molecule has 0 heterocycles. The Balaban J connectivity index is 1.99. The summed E-state index contributed by atoms with van der Waals surface area (Å²) in [6.07, 6.45) is 3.68. The van der Waals surface area contributed by atoms with Crippen LogP contribution in [0.25, 0.3) is 5.57 Å². The topological polar surface area (TPSA) is 102 Å². The van der Waals surface area contributed by atoms with E-state index in [9.17, 15) is 20.1 Å². The second-order valence-electron chi connectivity index (χ2n) is 5.37. The van der Waals surface area contributed by atoms with Gasteiger partial charge >= 0.3 is 0 Å². The van der Waals surface area contributed by atoms with E-state index in [1.54, 1.807) is 12.1 Å². The maximum absolute atomic E-state index is 11.9. The van der Waals surface area contributed by atoms with E-state index in [4.69, 9.17) is 0 Å². The number of aliphatic hydroxyl groups excluding tert-OH is 3. The minimum atomic E-state index is -1.74. The van der Waals surface area contributed by atoms with Gasteiger partial charge in [-0.05, 0) is 43.2 Å². The highest BCUT2D eigenvalue weighted by atomic mass is 16.4. The fraction of sp³-hybridized carbons (Fsp3) is 0.353. The number of anilines is 1. The number of likely N-dealkylation sites (N-methyl/N-ethyl adjacent to an activating group) is 1. The van der Waals surface area contributed by atoms with Gasteiger partial charge < -0.3 is 20.6 Å². The summed E-state index contributed by atoms with van der Waals surface area (Å²) >= 11 is 0. The van der Waals surface area contributed by atoms with Crippen LogP contribution in [0, 0.1) is 0 Å². The zero-order valence-corrected chi connectivity index (χ0v) is 12.9. The number of benzene rings is 1. The molecule has 3 atom stereocenters. The molecule has 0 saturated carbocycles. The summed E-state index contributed by atoms with van der Waals surface area (Å²) in [5.74, 6) is -0.781. The van der Waals surface area contributed by atoms with Gasteiger partial charge in [0.05, 0.1) is 0 Å². The fourth-order valence-corrected chi connectivity index (χ4v) is 2.29. The number of amides is 1. The third kappa shape index (κ3) is 4.49. The minimum absolute atomic E-state index is 0.504. The summed E-state index contributed by atoms with van der Waals surface area (Å²) in [7, 11) is 1.41. The predicted molar refractivity (Wildman–Crippen MR) is 88.5 cm³/mol. The van der Waals surface area contributed by atoms with Crippen LogP contribution in [0.2, 0.25) is 0 Å². The quantitative estimate of drug-likeness (QED) is 0.495. The normalized spacial score (nSPS) is 18.0. The van der Waals surface area contributed by atoms with Crippen molar-refractivity contribution in [3.05, 3.63) is 48.1 Å². The van der Waals surface area contributed by atoms with Crippen molar-refractivity contribution in [2.75, 3.05) is 12.4 Å². The van der Waals surface area contributed by atoms with E-state index >= 15 is 0 Å². The van der Waals surface area contributed by atoms with E-state index in [1.165, 1.54) is 7.05 Å². The molecule has 2 unspecified atom stereocenters. The third-order valence-electron chi connectivity index (χ3n) is 3.69. The molecule has 23 heavy (non-hydrogen) atoms. The Morgan fingerprint density at radius 3 is 2.39 bits per heavy atom. The summed E-state index contributed by atoms with van der Waals surface area (Å²) in [6, 6.07) is 7.21. The van der Waals surface area contributed by atoms with E-state index in [0.717, 1.165) is 24.0 Å². The van der Waals surface area contributed by atoms with Crippen molar-refractivity contribution in [1.29, 1.82) is 0 Å². The highest BCUT2D eigenvalue weighted by molar-refractivity contribution is 5.94. The van der Waals surface area contributed by atoms with Crippen molar-refractivity contribution in [2.45, 2.75) is 31.3 Å². The van der Waals surface area contributed by atoms with Gasteiger partial charge in [0, 0.05) is 5.69 Å². The summed E-state index contributed by atoms with van der Waals surface area (Å²) < 4.78 is 0. The van der Waals surface area contributed by atoms with Crippen molar-refractivity contribution in [2.24, 2.45) is 0 Å². The van der Waals surface area contributed by atoms with Crippen molar-refractivity contribution in [1.82, 2.24) is 5.32 Å². The van der Waals surface area contributed by atoms with Gasteiger partial charge in [-0.2, -0.15) is 0 Å². The first kappa shape index (κ1) is 17.4. The molecule has 0 bridgehead atoms. The van der Waals surface area contributed by atoms with Crippen molar-refractivity contribution < 1.29 is 20.1 Å². The Morgan fingerprint density at radius 1 is 1.13 bits per heavy atom. The minimum Gasteiger partial charge on any atom is -0.386 e. The van der Waals surface area contributed by atoms with E-state index < -0.39 is 24.3 Å². The van der Waals surface area contributed by atoms with Gasteiger partial charge in [0.15, 0.2) is 6.10 Å². The predicted octanol–water partition coefficient (Wildman–Crippen LogP) is 0.618. The van der Waals surface area contributed by atoms with Crippen LogP contribution in [-0.2, 0) is 4.79 Å². The average Bonchev–Trinajstić information content (AvgIpc) is 2.61. The number of carbonyl (C=O) groups is 1. The molecule has 5 N–H and O–H groups in total. The molecule has 6 heteroatoms. The first-order valence-corrected chi connectivity index (χ1v) is 7.52. The number of allylic oxidation sites excluding steroid dienone is 4. The lowest BCUT2D eigenvalue weighted by Crippen LogP contribution is -2.49. The number of hydrogen-bond acceptors (Lipinski definition) is 5. The summed E-state index contributed by atoms with van der Waals surface area (Å²) in [6.45, 7) is 0. The van der Waals surface area contributed by atoms with Gasteiger partial charge in [0.25, 0.3) is 5.91 Å². The van der Waals surface area contributed by atoms with Crippen LogP contribution in [0.4, 0.5) is 5.69 Å². The largest absolute Gasteiger partial charge is 0.386 e. The van der Waals surface area contributed by atoms with Crippen LogP contribution in [0.15, 0.2) is 42.5 Å². The van der Waals surface area contributed by atoms with Crippen molar-refractivity contribution in [3.8, 4) is 0 Å². The van der Waals surface area contributed by atoms with Crippen LogP contribution in [0.5, 0.6) is 0 Å². The first-order valence-electron chi connectivity index (χ1n) is 7.52. The molecule has 0 fully saturated rings. The zero-order valence-electron chi connectivity index (χ0n) is 12.9. The molecule has 0 aromatic heterocycles. The second kappa shape index (κ2) is 8.03. The monoisotopic (exact) mass is 318 g/mol. The van der Waals surface area contributed by atoms with Crippen LogP contribution in [0.3, 0.4) is 0 Å². The van der Waals surface area contributed by atoms with Gasteiger partial charge in [-0.3, -0.25) is 10.1 Å². The second-order valence-corrected chi connectivity index (χ2v) is 5.37. The molecule has 0 saturated heterocycles. The summed E-state index contributed by atoms with van der Waals surface area (Å²) in [4.78, 5) is 11.9. The van der Waals surface area contributed by atoms with Crippen LogP contribution < -0.4 is 10.6 Å². The number of carbonyl (C=O) groups excluding carboxylic acids is 1. The van der Waals surface area contributed by atoms with Gasteiger partial charge in [0.1, 0.15) is 12.3 Å². The van der Waals surface area contributed by atoms with E-state index in [2.05, 4.69) is 28.9 Å². The molecular formula is C17H22N2O4. The van der Waals surface area contributed by atoms with E-state index in [0.29, 0.717) is 5.69 Å². The molecule has 1 amide bonds. The molecule has 6 nitrogen and oxygen atoms in total. The highest BCUT2D eigenvalue weighted by Gasteiger charge is 2.29. The molecule has 2 rings (SSSR count). The Labute approximate surface area is 135 Å². The van der Waals surface area contributed by atoms with Crippen LogP contribution in [0.1, 0.15) is 18.4 Å². The third-order valence-corrected chi connectivity index (χ3v) is 3.69. The lowest BCUT2D eigenvalue weighted by atomic mass is 9.99. The summed E-state index contributed by atoms with van der Waals surface area (Å²) in [5, 5.41) is 33.6. The maximum Gasteiger partial charge on any atom is 0.256 e. The number of rotatable bonds is 6. The Morgan fingerprint density at radius 2 is 1.83 bits per heavy atom. The van der Waals surface area contributed by atoms with Crippen molar-refractivity contribution in [3.63, 3.8) is 0 Å². The Kier molecular flexibility index (Phi) is 6.06. The van der Waals surface area contributed by atoms with Crippen LogP contribution >= 0.6 is 0 Å². The number of hydrogen-bond donors (Lipinski definition) is 5. The standard InChI is InChI=1S/C17H22N2O4/c1-18-16(22)14(20)15(21)17(23)19-13-9-7-12(8-10-13)11-5-3-2-4-6-11/h3,5-10,14-16,18,20-22H,2,4H2,1H3,(H,19,23)/t14-,15?,16?/m1/s1. The number of aliphatic hydroxyl groups is 3. The molecule has 0 radical (unpaired) electrons. The fourth-order valence-electron chi connectivity index (χ4n) is 2.29. The Bertz CT molecular complexity index is 595. The van der Waals surface area contributed by atoms with Crippen LogP contribution in [-0.4, -0.2) is 46.7 Å². The lowest BCUT2D eigenvalue weighted by molar-refractivity contribution is -0.136. The van der Waals surface area contributed by atoms with Gasteiger partial charge in [-0.25, -0.2) is 0 Å². The molecule has 0 spiro atoms. The average molecular weight is 318 g/mol. The van der Waals surface area contributed by atoms with Gasteiger partial charge in [-0.15, -0.1) is 0 Å². The molecule has 1 aromatic rings. The molecule has 1 aromatic carbocycles. The maximum atomic E-state index is 11.9. The smallest absolute Gasteiger partial charge is 0.256 e. The van der Waals surface area contributed by atoms with E-state index in [1.807, 2.05) is 12.1 Å². The molecule has 0 aliphatic heterocycles. The SMILES string of the molecule is CNC(O)[C@H](O)C(O)C(=O)Nc1ccc(C2=CCCC=C2)cc1. The van der Waals surface area contributed by atoms with E-state index in [-0.39, 0.29) is 0 Å². The molecular weight excluding hydrogens is 296 g/mol. The first-order chi connectivity index (χ1) is 11.0.